The molecule has 0 radical (unpaired) electrons. The summed E-state index contributed by atoms with van der Waals surface area (Å²) in [6, 6.07) is 15.0. The molecule has 2 aromatic carbocycles. The van der Waals surface area contributed by atoms with Gasteiger partial charge in [-0.05, 0) is 55.2 Å². The number of rotatable bonds is 9. The van der Waals surface area contributed by atoms with E-state index in [4.69, 9.17) is 4.74 Å². The Kier molecular flexibility index (Phi) is 8.72. The summed E-state index contributed by atoms with van der Waals surface area (Å²) in [6.45, 7) is 10.3. The number of guanidine groups is 1. The average Bonchev–Trinajstić information content (AvgIpc) is 2.70. The first-order valence-corrected chi connectivity index (χ1v) is 12.1. The van der Waals surface area contributed by atoms with Gasteiger partial charge < -0.3 is 15.4 Å². The molecule has 0 amide bonds. The van der Waals surface area contributed by atoms with Crippen LogP contribution in [0, 0.1) is 5.92 Å². The molecule has 2 aromatic rings. The number of hydrogen-bond donors (Lipinski definition) is 2. The first kappa shape index (κ1) is 23.7. The van der Waals surface area contributed by atoms with E-state index in [0.29, 0.717) is 29.9 Å². The fourth-order valence-electron chi connectivity index (χ4n) is 2.74. The Balaban J connectivity index is 2.01. The topological polar surface area (TPSA) is 79.8 Å². The standard InChI is InChI=1S/C23H33N3O3S/c1-6-24-23(25-15-19-7-13-22(14-8-19)30(5,27)28)26-18(4)20-9-11-21(12-10-20)29-16-17(2)3/h7-14,17-18H,6,15-16H2,1-5H3,(H2,24,25,26). The molecular weight excluding hydrogens is 398 g/mol. The Bertz CT molecular complexity index is 921. The van der Waals surface area contributed by atoms with E-state index in [1.807, 2.05) is 19.1 Å². The van der Waals surface area contributed by atoms with Crippen molar-refractivity contribution in [1.29, 1.82) is 0 Å². The van der Waals surface area contributed by atoms with Crippen molar-refractivity contribution in [3.63, 3.8) is 0 Å². The third-order valence-corrected chi connectivity index (χ3v) is 5.56. The molecule has 7 heteroatoms. The van der Waals surface area contributed by atoms with E-state index < -0.39 is 9.84 Å². The van der Waals surface area contributed by atoms with Crippen molar-refractivity contribution in [2.45, 2.75) is 45.2 Å². The minimum Gasteiger partial charge on any atom is -0.493 e. The number of nitrogens with zero attached hydrogens (tertiary/aromatic N) is 1. The zero-order valence-corrected chi connectivity index (χ0v) is 19.3. The lowest BCUT2D eigenvalue weighted by molar-refractivity contribution is 0.271. The van der Waals surface area contributed by atoms with Crippen molar-refractivity contribution < 1.29 is 13.2 Å². The van der Waals surface area contributed by atoms with E-state index in [1.54, 1.807) is 24.3 Å². The average molecular weight is 432 g/mol. The molecule has 0 aliphatic rings. The van der Waals surface area contributed by atoms with Crippen LogP contribution in [0.2, 0.25) is 0 Å². The lowest BCUT2D eigenvalue weighted by Crippen LogP contribution is -2.38. The van der Waals surface area contributed by atoms with Gasteiger partial charge in [-0.2, -0.15) is 0 Å². The molecule has 2 rings (SSSR count). The van der Waals surface area contributed by atoms with Crippen LogP contribution in [0.5, 0.6) is 5.75 Å². The van der Waals surface area contributed by atoms with E-state index >= 15 is 0 Å². The van der Waals surface area contributed by atoms with Gasteiger partial charge in [-0.15, -0.1) is 0 Å². The molecule has 0 aromatic heterocycles. The fraction of sp³-hybridized carbons (Fsp3) is 0.435. The molecule has 164 valence electrons. The number of hydrogen-bond acceptors (Lipinski definition) is 4. The van der Waals surface area contributed by atoms with E-state index in [1.165, 1.54) is 6.26 Å². The largest absolute Gasteiger partial charge is 0.493 e. The molecule has 1 unspecified atom stereocenters. The molecule has 0 aliphatic carbocycles. The van der Waals surface area contributed by atoms with E-state index in [0.717, 1.165) is 23.4 Å². The Morgan fingerprint density at radius 3 is 2.20 bits per heavy atom. The molecule has 2 N–H and O–H groups in total. The molecule has 6 nitrogen and oxygen atoms in total. The Morgan fingerprint density at radius 1 is 1.03 bits per heavy atom. The second-order valence-corrected chi connectivity index (χ2v) is 9.77. The first-order valence-electron chi connectivity index (χ1n) is 10.3. The Hall–Kier alpha value is -2.54. The second-order valence-electron chi connectivity index (χ2n) is 7.75. The van der Waals surface area contributed by atoms with Gasteiger partial charge >= 0.3 is 0 Å². The monoisotopic (exact) mass is 431 g/mol. The summed E-state index contributed by atoms with van der Waals surface area (Å²) in [5.74, 6) is 2.07. The molecule has 0 saturated carbocycles. The molecule has 0 saturated heterocycles. The number of ether oxygens (including phenoxy) is 1. The van der Waals surface area contributed by atoms with Crippen molar-refractivity contribution in [3.05, 3.63) is 59.7 Å². The minimum absolute atomic E-state index is 0.0644. The van der Waals surface area contributed by atoms with Gasteiger partial charge in [0.05, 0.1) is 24.1 Å². The first-order chi connectivity index (χ1) is 14.2. The summed E-state index contributed by atoms with van der Waals surface area (Å²) in [5.41, 5.74) is 2.08. The Morgan fingerprint density at radius 2 is 1.67 bits per heavy atom. The van der Waals surface area contributed by atoms with Crippen LogP contribution >= 0.6 is 0 Å². The highest BCUT2D eigenvalue weighted by Gasteiger charge is 2.09. The van der Waals surface area contributed by atoms with Crippen LogP contribution in [0.25, 0.3) is 0 Å². The highest BCUT2D eigenvalue weighted by molar-refractivity contribution is 7.90. The summed E-state index contributed by atoms with van der Waals surface area (Å²) < 4.78 is 28.9. The molecular formula is C23H33N3O3S. The molecule has 0 bridgehead atoms. The van der Waals surface area contributed by atoms with Gasteiger partial charge in [0.25, 0.3) is 0 Å². The smallest absolute Gasteiger partial charge is 0.192 e. The van der Waals surface area contributed by atoms with Gasteiger partial charge in [-0.3, -0.25) is 0 Å². The zero-order valence-electron chi connectivity index (χ0n) is 18.5. The maximum atomic E-state index is 11.6. The lowest BCUT2D eigenvalue weighted by atomic mass is 10.1. The Labute approximate surface area is 180 Å². The van der Waals surface area contributed by atoms with E-state index in [9.17, 15) is 8.42 Å². The van der Waals surface area contributed by atoms with Crippen LogP contribution in [-0.2, 0) is 16.4 Å². The van der Waals surface area contributed by atoms with E-state index in [-0.39, 0.29) is 6.04 Å². The van der Waals surface area contributed by atoms with Crippen LogP contribution < -0.4 is 15.4 Å². The molecule has 30 heavy (non-hydrogen) atoms. The SMILES string of the molecule is CCNC(=NCc1ccc(S(C)(=O)=O)cc1)NC(C)c1ccc(OCC(C)C)cc1. The van der Waals surface area contributed by atoms with Crippen molar-refractivity contribution in [2.24, 2.45) is 10.9 Å². The third-order valence-electron chi connectivity index (χ3n) is 4.43. The number of aliphatic imine (C=N–C) groups is 1. The van der Waals surface area contributed by atoms with Crippen LogP contribution in [0.4, 0.5) is 0 Å². The molecule has 1 atom stereocenters. The lowest BCUT2D eigenvalue weighted by Gasteiger charge is -2.19. The highest BCUT2D eigenvalue weighted by Crippen LogP contribution is 2.18. The van der Waals surface area contributed by atoms with Gasteiger partial charge in [-0.1, -0.05) is 38.1 Å². The highest BCUT2D eigenvalue weighted by atomic mass is 32.2. The predicted octanol–water partition coefficient (Wildman–Crippen LogP) is 3.94. The number of benzene rings is 2. The van der Waals surface area contributed by atoms with Gasteiger partial charge in [0, 0.05) is 12.8 Å². The maximum absolute atomic E-state index is 11.6. The van der Waals surface area contributed by atoms with Crippen LogP contribution in [-0.4, -0.2) is 33.8 Å². The van der Waals surface area contributed by atoms with Crippen molar-refractivity contribution in [1.82, 2.24) is 10.6 Å². The van der Waals surface area contributed by atoms with Gasteiger partial charge in [0.15, 0.2) is 15.8 Å². The predicted molar refractivity (Wildman–Crippen MR) is 123 cm³/mol. The van der Waals surface area contributed by atoms with Crippen LogP contribution in [0.15, 0.2) is 58.4 Å². The maximum Gasteiger partial charge on any atom is 0.192 e. The summed E-state index contributed by atoms with van der Waals surface area (Å²) >= 11 is 0. The van der Waals surface area contributed by atoms with Crippen LogP contribution in [0.3, 0.4) is 0 Å². The van der Waals surface area contributed by atoms with Crippen molar-refractivity contribution >= 4 is 15.8 Å². The third kappa shape index (κ3) is 7.71. The van der Waals surface area contributed by atoms with Crippen molar-refractivity contribution in [2.75, 3.05) is 19.4 Å². The molecule has 0 heterocycles. The van der Waals surface area contributed by atoms with Gasteiger partial charge in [0.1, 0.15) is 5.75 Å². The molecule has 0 fully saturated rings. The zero-order chi connectivity index (χ0) is 22.1. The molecule has 0 aliphatic heterocycles. The molecule has 0 spiro atoms. The number of sulfone groups is 1. The fourth-order valence-corrected chi connectivity index (χ4v) is 3.37. The number of nitrogens with one attached hydrogen (secondary N) is 2. The second kappa shape index (κ2) is 11.0. The summed E-state index contributed by atoms with van der Waals surface area (Å²) in [5, 5.41) is 6.66. The quantitative estimate of drug-likeness (QED) is 0.464. The summed E-state index contributed by atoms with van der Waals surface area (Å²) in [7, 11) is -3.19. The van der Waals surface area contributed by atoms with Gasteiger partial charge in [0.2, 0.25) is 0 Å². The minimum atomic E-state index is -3.19. The summed E-state index contributed by atoms with van der Waals surface area (Å²) in [4.78, 5) is 4.94. The van der Waals surface area contributed by atoms with E-state index in [2.05, 4.69) is 48.5 Å². The van der Waals surface area contributed by atoms with Gasteiger partial charge in [-0.25, -0.2) is 13.4 Å². The summed E-state index contributed by atoms with van der Waals surface area (Å²) in [6.07, 6.45) is 1.21. The van der Waals surface area contributed by atoms with Crippen LogP contribution in [0.1, 0.15) is 44.9 Å². The normalized spacial score (nSPS) is 13.2. The van der Waals surface area contributed by atoms with Crippen molar-refractivity contribution in [3.8, 4) is 5.75 Å².